The predicted octanol–water partition coefficient (Wildman–Crippen LogP) is 4.12. The molecule has 1 saturated heterocycles. The van der Waals surface area contributed by atoms with E-state index in [1.165, 1.54) is 0 Å². The van der Waals surface area contributed by atoms with Crippen LogP contribution in [-0.4, -0.2) is 25.5 Å². The number of carbonyl (C=O) groups is 2. The van der Waals surface area contributed by atoms with Gasteiger partial charge in [0.15, 0.2) is 0 Å². The van der Waals surface area contributed by atoms with Crippen LogP contribution in [0, 0.1) is 6.92 Å². The van der Waals surface area contributed by atoms with Gasteiger partial charge in [0, 0.05) is 11.4 Å². The summed E-state index contributed by atoms with van der Waals surface area (Å²) in [6.07, 6.45) is 0. The molecule has 0 bridgehead atoms. The molecule has 0 N–H and O–H groups in total. The third kappa shape index (κ3) is 3.59. The van der Waals surface area contributed by atoms with Crippen molar-refractivity contribution in [3.8, 4) is 5.75 Å². The Labute approximate surface area is 170 Å². The van der Waals surface area contributed by atoms with Crippen molar-refractivity contribution in [2.75, 3.05) is 23.5 Å². The van der Waals surface area contributed by atoms with E-state index in [4.69, 9.17) is 4.74 Å². The second-order valence-corrected chi connectivity index (χ2v) is 7.03. The van der Waals surface area contributed by atoms with Crippen molar-refractivity contribution in [2.24, 2.45) is 0 Å². The first kappa shape index (κ1) is 18.7. The minimum atomic E-state index is -0.745. The zero-order valence-electron chi connectivity index (χ0n) is 16.4. The van der Waals surface area contributed by atoms with Gasteiger partial charge >= 0.3 is 0 Å². The molecule has 29 heavy (non-hydrogen) atoms. The lowest BCUT2D eigenvalue weighted by Gasteiger charge is -2.40. The molecule has 5 heteroatoms. The molecular weight excluding hydrogens is 364 g/mol. The summed E-state index contributed by atoms with van der Waals surface area (Å²) in [6, 6.07) is 23.5. The van der Waals surface area contributed by atoms with E-state index in [0.29, 0.717) is 11.4 Å². The quantitative estimate of drug-likeness (QED) is 0.678. The standard InChI is InChI=1S/C24H22N2O3/c1-17-8-12-19(13-9-17)25-16-22(27)26(20-6-4-3-5-7-20)23(24(25)28)18-10-14-21(29-2)15-11-18/h3-15,23H,16H2,1-2H3/t23-/m0/s1. The highest BCUT2D eigenvalue weighted by molar-refractivity contribution is 6.14. The number of rotatable bonds is 4. The zero-order chi connectivity index (χ0) is 20.4. The summed E-state index contributed by atoms with van der Waals surface area (Å²) in [5, 5.41) is 0. The summed E-state index contributed by atoms with van der Waals surface area (Å²) in [5.41, 5.74) is 3.27. The SMILES string of the molecule is COc1ccc([C@H]2C(=O)N(c3ccc(C)cc3)CC(=O)N2c2ccccc2)cc1. The number of aryl methyl sites for hydroxylation is 1. The van der Waals surface area contributed by atoms with E-state index in [-0.39, 0.29) is 18.4 Å². The van der Waals surface area contributed by atoms with E-state index in [1.54, 1.807) is 29.0 Å². The lowest BCUT2D eigenvalue weighted by Crippen LogP contribution is -2.56. The summed E-state index contributed by atoms with van der Waals surface area (Å²) in [7, 11) is 1.60. The lowest BCUT2D eigenvalue weighted by atomic mass is 9.99. The molecular formula is C24H22N2O3. The van der Waals surface area contributed by atoms with E-state index >= 15 is 0 Å². The molecule has 1 aliphatic heterocycles. The predicted molar refractivity (Wildman–Crippen MR) is 113 cm³/mol. The number of ether oxygens (including phenoxy) is 1. The van der Waals surface area contributed by atoms with Gasteiger partial charge in [-0.3, -0.25) is 14.5 Å². The van der Waals surface area contributed by atoms with Gasteiger partial charge in [0.1, 0.15) is 18.3 Å². The molecule has 0 aromatic heterocycles. The minimum absolute atomic E-state index is 0.00342. The molecule has 1 atom stereocenters. The average molecular weight is 386 g/mol. The highest BCUT2D eigenvalue weighted by Gasteiger charge is 2.41. The second kappa shape index (κ2) is 7.80. The number of methoxy groups -OCH3 is 1. The number of anilines is 2. The molecule has 0 spiro atoms. The molecule has 3 aromatic carbocycles. The Hall–Kier alpha value is -3.60. The van der Waals surface area contributed by atoms with Crippen molar-refractivity contribution in [3.05, 3.63) is 90.0 Å². The number of hydrogen-bond donors (Lipinski definition) is 0. The number of piperazine rings is 1. The Morgan fingerprint density at radius 2 is 1.48 bits per heavy atom. The average Bonchev–Trinajstić information content (AvgIpc) is 2.76. The summed E-state index contributed by atoms with van der Waals surface area (Å²) in [4.78, 5) is 30.0. The van der Waals surface area contributed by atoms with Gasteiger partial charge in [0.25, 0.3) is 5.91 Å². The van der Waals surface area contributed by atoms with E-state index in [9.17, 15) is 9.59 Å². The molecule has 0 radical (unpaired) electrons. The molecule has 5 nitrogen and oxygen atoms in total. The molecule has 0 aliphatic carbocycles. The second-order valence-electron chi connectivity index (χ2n) is 7.03. The van der Waals surface area contributed by atoms with E-state index in [1.807, 2.05) is 73.7 Å². The zero-order valence-corrected chi connectivity index (χ0v) is 16.4. The van der Waals surface area contributed by atoms with Crippen molar-refractivity contribution in [1.82, 2.24) is 0 Å². The third-order valence-corrected chi connectivity index (χ3v) is 5.13. The maximum absolute atomic E-state index is 13.6. The topological polar surface area (TPSA) is 49.9 Å². The van der Waals surface area contributed by atoms with Crippen LogP contribution in [0.15, 0.2) is 78.9 Å². The fourth-order valence-corrected chi connectivity index (χ4v) is 3.59. The van der Waals surface area contributed by atoms with Crippen LogP contribution in [0.25, 0.3) is 0 Å². The van der Waals surface area contributed by atoms with Gasteiger partial charge in [-0.15, -0.1) is 0 Å². The van der Waals surface area contributed by atoms with Crippen LogP contribution in [0.5, 0.6) is 5.75 Å². The largest absolute Gasteiger partial charge is 0.497 e. The Kier molecular flexibility index (Phi) is 5.04. The molecule has 1 heterocycles. The monoisotopic (exact) mass is 386 g/mol. The minimum Gasteiger partial charge on any atom is -0.497 e. The normalized spacial score (nSPS) is 16.8. The van der Waals surface area contributed by atoms with Gasteiger partial charge < -0.3 is 9.64 Å². The fraction of sp³-hybridized carbons (Fsp3) is 0.167. The van der Waals surface area contributed by atoms with Crippen LogP contribution in [0.4, 0.5) is 11.4 Å². The molecule has 0 saturated carbocycles. The number of hydrogen-bond acceptors (Lipinski definition) is 3. The summed E-state index contributed by atoms with van der Waals surface area (Å²) in [5.74, 6) is 0.435. The van der Waals surface area contributed by atoms with Gasteiger partial charge in [0.05, 0.1) is 7.11 Å². The van der Waals surface area contributed by atoms with Crippen molar-refractivity contribution < 1.29 is 14.3 Å². The molecule has 1 aliphatic rings. The van der Waals surface area contributed by atoms with Crippen LogP contribution in [0.1, 0.15) is 17.2 Å². The van der Waals surface area contributed by atoms with Gasteiger partial charge in [-0.25, -0.2) is 0 Å². The Bertz CT molecular complexity index is 1010. The first-order chi connectivity index (χ1) is 14.1. The maximum Gasteiger partial charge on any atom is 0.255 e. The van der Waals surface area contributed by atoms with Gasteiger partial charge in [-0.05, 0) is 48.9 Å². The fourth-order valence-electron chi connectivity index (χ4n) is 3.59. The summed E-state index contributed by atoms with van der Waals surface area (Å²) in [6.45, 7) is 1.99. The van der Waals surface area contributed by atoms with E-state index in [0.717, 1.165) is 16.8 Å². The van der Waals surface area contributed by atoms with Crippen LogP contribution < -0.4 is 14.5 Å². The van der Waals surface area contributed by atoms with Gasteiger partial charge in [0.2, 0.25) is 5.91 Å². The van der Waals surface area contributed by atoms with Crippen molar-refractivity contribution in [3.63, 3.8) is 0 Å². The summed E-state index contributed by atoms with van der Waals surface area (Å²) >= 11 is 0. The smallest absolute Gasteiger partial charge is 0.255 e. The highest BCUT2D eigenvalue weighted by atomic mass is 16.5. The number of amides is 2. The van der Waals surface area contributed by atoms with Crippen molar-refractivity contribution in [2.45, 2.75) is 13.0 Å². The van der Waals surface area contributed by atoms with E-state index in [2.05, 4.69) is 0 Å². The van der Waals surface area contributed by atoms with Crippen molar-refractivity contribution >= 4 is 23.2 Å². The Morgan fingerprint density at radius 3 is 2.10 bits per heavy atom. The lowest BCUT2D eigenvalue weighted by molar-refractivity contribution is -0.128. The van der Waals surface area contributed by atoms with Gasteiger partial charge in [-0.1, -0.05) is 48.0 Å². The summed E-state index contributed by atoms with van der Waals surface area (Å²) < 4.78 is 5.24. The van der Waals surface area contributed by atoms with Crippen LogP contribution in [0.3, 0.4) is 0 Å². The maximum atomic E-state index is 13.6. The molecule has 3 aromatic rings. The molecule has 2 amide bonds. The number of benzene rings is 3. The van der Waals surface area contributed by atoms with Gasteiger partial charge in [-0.2, -0.15) is 0 Å². The Morgan fingerprint density at radius 1 is 0.828 bits per heavy atom. The molecule has 4 rings (SSSR count). The van der Waals surface area contributed by atoms with Crippen LogP contribution in [-0.2, 0) is 9.59 Å². The molecule has 146 valence electrons. The Balaban J connectivity index is 1.79. The van der Waals surface area contributed by atoms with Crippen molar-refractivity contribution in [1.29, 1.82) is 0 Å². The number of para-hydroxylation sites is 1. The number of carbonyl (C=O) groups excluding carboxylic acids is 2. The molecule has 0 unspecified atom stereocenters. The number of nitrogens with zero attached hydrogens (tertiary/aromatic N) is 2. The highest BCUT2D eigenvalue weighted by Crippen LogP contribution is 2.35. The molecule has 1 fully saturated rings. The van der Waals surface area contributed by atoms with Crippen LogP contribution >= 0.6 is 0 Å². The first-order valence-electron chi connectivity index (χ1n) is 9.47. The first-order valence-corrected chi connectivity index (χ1v) is 9.47. The van der Waals surface area contributed by atoms with Crippen LogP contribution in [0.2, 0.25) is 0 Å². The van der Waals surface area contributed by atoms with E-state index < -0.39 is 6.04 Å². The third-order valence-electron chi connectivity index (χ3n) is 5.13.